The molecule has 2 aromatic rings. The number of imidazole rings is 1. The number of nitrogens with zero attached hydrogens (tertiary/aromatic N) is 2. The van der Waals surface area contributed by atoms with Crippen LogP contribution in [0, 0.1) is 0 Å². The average molecular weight is 260 g/mol. The summed E-state index contributed by atoms with van der Waals surface area (Å²) in [6.45, 7) is -0.0488. The predicted molar refractivity (Wildman–Crippen MR) is 65.2 cm³/mol. The number of fused-ring (bicyclic) bond motifs is 3. The van der Waals surface area contributed by atoms with E-state index in [-0.39, 0.29) is 18.9 Å². The molecule has 1 aromatic carbocycles. The summed E-state index contributed by atoms with van der Waals surface area (Å²) in [5, 5.41) is 9.52. The van der Waals surface area contributed by atoms with Gasteiger partial charge in [-0.05, 0) is 12.1 Å². The van der Waals surface area contributed by atoms with Gasteiger partial charge in [0.15, 0.2) is 11.5 Å². The summed E-state index contributed by atoms with van der Waals surface area (Å²) in [7, 11) is 1.28. The van der Waals surface area contributed by atoms with Gasteiger partial charge in [0.1, 0.15) is 12.4 Å². The van der Waals surface area contributed by atoms with Gasteiger partial charge in [0.2, 0.25) is 0 Å². The Morgan fingerprint density at radius 1 is 1.53 bits per heavy atom. The van der Waals surface area contributed by atoms with Gasteiger partial charge >= 0.3 is 5.97 Å². The molecule has 0 aliphatic carbocycles. The van der Waals surface area contributed by atoms with E-state index in [1.54, 1.807) is 4.57 Å². The van der Waals surface area contributed by atoms with Crippen LogP contribution >= 0.6 is 0 Å². The van der Waals surface area contributed by atoms with E-state index < -0.39 is 5.97 Å². The Morgan fingerprint density at radius 3 is 3.05 bits per heavy atom. The van der Waals surface area contributed by atoms with Crippen molar-refractivity contribution in [1.82, 2.24) is 9.55 Å². The van der Waals surface area contributed by atoms with Gasteiger partial charge in [-0.1, -0.05) is 12.1 Å². The molecule has 0 spiro atoms. The van der Waals surface area contributed by atoms with Crippen LogP contribution in [0.2, 0.25) is 0 Å². The minimum Gasteiger partial charge on any atom is -0.483 e. The monoisotopic (exact) mass is 260 g/mol. The quantitative estimate of drug-likeness (QED) is 0.817. The maximum atomic E-state index is 11.7. The molecule has 0 radical (unpaired) electrons. The smallest absolute Gasteiger partial charge is 0.358 e. The van der Waals surface area contributed by atoms with Gasteiger partial charge in [0, 0.05) is 0 Å². The van der Waals surface area contributed by atoms with Gasteiger partial charge in [-0.2, -0.15) is 0 Å². The summed E-state index contributed by atoms with van der Waals surface area (Å²) in [4.78, 5) is 15.9. The van der Waals surface area contributed by atoms with Gasteiger partial charge in [0.25, 0.3) is 0 Å². The van der Waals surface area contributed by atoms with Crippen molar-refractivity contribution in [2.45, 2.75) is 13.2 Å². The molecule has 3 rings (SSSR count). The Balaban J connectivity index is 2.24. The number of aromatic nitrogens is 2. The minimum absolute atomic E-state index is 0.125. The van der Waals surface area contributed by atoms with Crippen molar-refractivity contribution in [2.24, 2.45) is 0 Å². The molecule has 1 aliphatic rings. The number of hydrogen-bond acceptors (Lipinski definition) is 5. The van der Waals surface area contributed by atoms with Crippen LogP contribution in [0.3, 0.4) is 0 Å². The van der Waals surface area contributed by atoms with E-state index in [9.17, 15) is 9.90 Å². The van der Waals surface area contributed by atoms with Crippen LogP contribution in [0.1, 0.15) is 22.0 Å². The van der Waals surface area contributed by atoms with E-state index in [0.717, 1.165) is 5.69 Å². The fourth-order valence-electron chi connectivity index (χ4n) is 2.20. The number of carbonyl (C=O) groups is 1. The van der Waals surface area contributed by atoms with Crippen LogP contribution < -0.4 is 4.74 Å². The van der Waals surface area contributed by atoms with Crippen LogP contribution in [-0.4, -0.2) is 27.7 Å². The van der Waals surface area contributed by atoms with Crippen molar-refractivity contribution >= 4 is 5.97 Å². The molecule has 1 aromatic heterocycles. The number of hydrogen-bond donors (Lipinski definition) is 1. The number of methoxy groups -OCH3 is 1. The minimum atomic E-state index is -0.566. The number of aliphatic hydroxyl groups is 1. The molecule has 0 bridgehead atoms. The molecule has 6 heteroatoms. The largest absolute Gasteiger partial charge is 0.483 e. The zero-order chi connectivity index (χ0) is 13.4. The lowest BCUT2D eigenvalue weighted by molar-refractivity contribution is 0.0590. The van der Waals surface area contributed by atoms with Gasteiger partial charge in [-0.15, -0.1) is 0 Å². The SMILES string of the molecule is COC(=O)c1nc2n(c1CO)-c1ccccc1OC2. The number of benzene rings is 1. The van der Waals surface area contributed by atoms with Crippen LogP contribution in [0.25, 0.3) is 5.69 Å². The van der Waals surface area contributed by atoms with E-state index in [0.29, 0.717) is 17.3 Å². The van der Waals surface area contributed by atoms with Crippen molar-refractivity contribution in [1.29, 1.82) is 0 Å². The summed E-state index contributed by atoms with van der Waals surface area (Å²) in [5.74, 6) is 0.699. The zero-order valence-electron chi connectivity index (χ0n) is 10.3. The number of ether oxygens (including phenoxy) is 2. The van der Waals surface area contributed by atoms with Crippen molar-refractivity contribution in [3.8, 4) is 11.4 Å². The van der Waals surface area contributed by atoms with Gasteiger partial charge in [-0.3, -0.25) is 4.57 Å². The van der Waals surface area contributed by atoms with Crippen molar-refractivity contribution < 1.29 is 19.4 Å². The molecule has 2 heterocycles. The summed E-state index contributed by atoms with van der Waals surface area (Å²) in [6.07, 6.45) is 0. The first-order chi connectivity index (χ1) is 9.26. The molecular formula is C13H12N2O4. The average Bonchev–Trinajstić information content (AvgIpc) is 2.85. The van der Waals surface area contributed by atoms with E-state index >= 15 is 0 Å². The molecule has 1 N–H and O–H groups in total. The van der Waals surface area contributed by atoms with E-state index in [1.807, 2.05) is 24.3 Å². The van der Waals surface area contributed by atoms with Crippen LogP contribution in [0.15, 0.2) is 24.3 Å². The third-order valence-electron chi connectivity index (χ3n) is 3.03. The molecular weight excluding hydrogens is 248 g/mol. The second-order valence-electron chi connectivity index (χ2n) is 4.06. The molecule has 0 fully saturated rings. The molecule has 0 saturated carbocycles. The van der Waals surface area contributed by atoms with Gasteiger partial charge in [-0.25, -0.2) is 9.78 Å². The van der Waals surface area contributed by atoms with Crippen molar-refractivity contribution in [2.75, 3.05) is 7.11 Å². The standard InChI is InChI=1S/C13H12N2O4/c1-18-13(17)12-9(6-16)15-8-4-2-3-5-10(8)19-7-11(15)14-12/h2-5,16H,6-7H2,1H3. The number of para-hydroxylation sites is 2. The summed E-state index contributed by atoms with van der Waals surface area (Å²) >= 11 is 0. The lowest BCUT2D eigenvalue weighted by Crippen LogP contribution is -2.15. The Hall–Kier alpha value is -2.34. The second-order valence-corrected chi connectivity index (χ2v) is 4.06. The maximum Gasteiger partial charge on any atom is 0.358 e. The molecule has 98 valence electrons. The first kappa shape index (κ1) is 11.7. The number of esters is 1. The molecule has 0 atom stereocenters. The van der Waals surface area contributed by atoms with E-state index in [4.69, 9.17) is 4.74 Å². The Labute approximate surface area is 109 Å². The molecule has 1 aliphatic heterocycles. The predicted octanol–water partition coefficient (Wildman–Crippen LogP) is 1.04. The van der Waals surface area contributed by atoms with Crippen molar-refractivity contribution in [3.63, 3.8) is 0 Å². The fraction of sp³-hybridized carbons (Fsp3) is 0.231. The molecule has 0 saturated heterocycles. The Kier molecular flexibility index (Phi) is 2.72. The highest BCUT2D eigenvalue weighted by atomic mass is 16.5. The Morgan fingerprint density at radius 2 is 2.32 bits per heavy atom. The molecule has 0 unspecified atom stereocenters. The summed E-state index contributed by atoms with van der Waals surface area (Å²) in [6, 6.07) is 7.40. The van der Waals surface area contributed by atoms with Crippen LogP contribution in [-0.2, 0) is 18.0 Å². The van der Waals surface area contributed by atoms with E-state index in [2.05, 4.69) is 9.72 Å². The van der Waals surface area contributed by atoms with E-state index in [1.165, 1.54) is 7.11 Å². The fourth-order valence-corrected chi connectivity index (χ4v) is 2.20. The van der Waals surface area contributed by atoms with Crippen LogP contribution in [0.5, 0.6) is 5.75 Å². The molecule has 6 nitrogen and oxygen atoms in total. The third kappa shape index (κ3) is 1.68. The highest BCUT2D eigenvalue weighted by molar-refractivity contribution is 5.89. The number of aliphatic hydroxyl groups excluding tert-OH is 1. The lowest BCUT2D eigenvalue weighted by Gasteiger charge is -2.20. The van der Waals surface area contributed by atoms with Gasteiger partial charge < -0.3 is 14.6 Å². The topological polar surface area (TPSA) is 73.6 Å². The van der Waals surface area contributed by atoms with Crippen molar-refractivity contribution in [3.05, 3.63) is 41.5 Å². The lowest BCUT2D eigenvalue weighted by atomic mass is 10.2. The summed E-state index contributed by atoms with van der Waals surface area (Å²) < 4.78 is 12.0. The normalized spacial score (nSPS) is 12.3. The molecule has 0 amide bonds. The highest BCUT2D eigenvalue weighted by Gasteiger charge is 2.27. The first-order valence-electron chi connectivity index (χ1n) is 5.78. The zero-order valence-corrected chi connectivity index (χ0v) is 10.3. The maximum absolute atomic E-state index is 11.7. The number of rotatable bonds is 2. The van der Waals surface area contributed by atoms with Crippen LogP contribution in [0.4, 0.5) is 0 Å². The van der Waals surface area contributed by atoms with Gasteiger partial charge in [0.05, 0.1) is 25.1 Å². The Bertz CT molecular complexity index is 648. The highest BCUT2D eigenvalue weighted by Crippen LogP contribution is 2.31. The second kappa shape index (κ2) is 4.40. The summed E-state index contributed by atoms with van der Waals surface area (Å²) in [5.41, 5.74) is 1.30. The third-order valence-corrected chi connectivity index (χ3v) is 3.03. The number of carbonyl (C=O) groups excluding carboxylic acids is 1. The first-order valence-corrected chi connectivity index (χ1v) is 5.78. The molecule has 19 heavy (non-hydrogen) atoms.